The third-order valence-electron chi connectivity index (χ3n) is 3.45. The Balaban J connectivity index is 2.03. The van der Waals surface area contributed by atoms with Crippen LogP contribution in [0.15, 0.2) is 42.6 Å². The van der Waals surface area contributed by atoms with E-state index < -0.39 is 0 Å². The van der Waals surface area contributed by atoms with Crippen LogP contribution in [0.3, 0.4) is 0 Å². The van der Waals surface area contributed by atoms with Crippen LogP contribution in [-0.2, 0) is 6.54 Å². The molecule has 1 atom stereocenters. The highest BCUT2D eigenvalue weighted by Crippen LogP contribution is 2.25. The number of ether oxygens (including phenoxy) is 1. The highest BCUT2D eigenvalue weighted by Gasteiger charge is 2.14. The van der Waals surface area contributed by atoms with Crippen molar-refractivity contribution in [2.24, 2.45) is 5.73 Å². The van der Waals surface area contributed by atoms with Gasteiger partial charge in [0.05, 0.1) is 12.8 Å². The second-order valence-electron chi connectivity index (χ2n) is 5.37. The zero-order chi connectivity index (χ0) is 15.2. The van der Waals surface area contributed by atoms with Crippen molar-refractivity contribution in [3.8, 4) is 5.75 Å². The number of rotatable bonds is 6. The van der Waals surface area contributed by atoms with Gasteiger partial charge >= 0.3 is 0 Å². The molecule has 4 nitrogen and oxygen atoms in total. The summed E-state index contributed by atoms with van der Waals surface area (Å²) >= 11 is 0. The number of methoxy groups -OCH3 is 1. The normalized spacial score (nSPS) is 12.4. The lowest BCUT2D eigenvalue weighted by atomic mass is 10.0. The van der Waals surface area contributed by atoms with E-state index in [0.29, 0.717) is 0 Å². The maximum atomic E-state index is 6.35. The van der Waals surface area contributed by atoms with Gasteiger partial charge in [0.1, 0.15) is 5.75 Å². The Morgan fingerprint density at radius 1 is 1.29 bits per heavy atom. The first-order chi connectivity index (χ1) is 10.1. The SMILES string of the molecule is COc1ccc(C)cc1C(N)CN(C)Cc1ccccn1. The molecule has 21 heavy (non-hydrogen) atoms. The molecule has 0 bridgehead atoms. The van der Waals surface area contributed by atoms with Crippen LogP contribution in [0.4, 0.5) is 0 Å². The Morgan fingerprint density at radius 2 is 2.10 bits per heavy atom. The Hall–Kier alpha value is -1.91. The minimum absolute atomic E-state index is 0.0893. The average Bonchev–Trinajstić information content (AvgIpc) is 2.48. The van der Waals surface area contributed by atoms with Crippen LogP contribution in [0.5, 0.6) is 5.75 Å². The average molecular weight is 285 g/mol. The Bertz CT molecular complexity index is 572. The molecule has 112 valence electrons. The molecular weight excluding hydrogens is 262 g/mol. The highest BCUT2D eigenvalue weighted by atomic mass is 16.5. The maximum absolute atomic E-state index is 6.35. The minimum Gasteiger partial charge on any atom is -0.496 e. The van der Waals surface area contributed by atoms with Crippen LogP contribution in [0.25, 0.3) is 0 Å². The largest absolute Gasteiger partial charge is 0.496 e. The first-order valence-electron chi connectivity index (χ1n) is 7.08. The standard InChI is InChI=1S/C17H23N3O/c1-13-7-8-17(21-3)15(10-13)16(18)12-20(2)11-14-6-4-5-9-19-14/h4-10,16H,11-12,18H2,1-3H3. The number of aryl methyl sites for hydroxylation is 1. The fraction of sp³-hybridized carbons (Fsp3) is 0.353. The molecule has 0 saturated carbocycles. The summed E-state index contributed by atoms with van der Waals surface area (Å²) in [6, 6.07) is 12.0. The van der Waals surface area contributed by atoms with Gasteiger partial charge in [-0.05, 0) is 32.2 Å². The topological polar surface area (TPSA) is 51.4 Å². The van der Waals surface area contributed by atoms with Gasteiger partial charge in [-0.2, -0.15) is 0 Å². The number of benzene rings is 1. The lowest BCUT2D eigenvalue weighted by Crippen LogP contribution is -2.29. The molecule has 0 radical (unpaired) electrons. The fourth-order valence-electron chi connectivity index (χ4n) is 2.41. The van der Waals surface area contributed by atoms with Crippen LogP contribution in [0.2, 0.25) is 0 Å². The van der Waals surface area contributed by atoms with E-state index in [9.17, 15) is 0 Å². The summed E-state index contributed by atoms with van der Waals surface area (Å²) in [5.74, 6) is 0.847. The van der Waals surface area contributed by atoms with E-state index >= 15 is 0 Å². The zero-order valence-electron chi connectivity index (χ0n) is 12.9. The number of likely N-dealkylation sites (N-methyl/N-ethyl adjacent to an activating group) is 1. The lowest BCUT2D eigenvalue weighted by molar-refractivity contribution is 0.298. The smallest absolute Gasteiger partial charge is 0.123 e. The summed E-state index contributed by atoms with van der Waals surface area (Å²) in [5, 5.41) is 0. The predicted octanol–water partition coefficient (Wildman–Crippen LogP) is 2.53. The van der Waals surface area contributed by atoms with E-state index in [2.05, 4.69) is 29.9 Å². The lowest BCUT2D eigenvalue weighted by Gasteiger charge is -2.23. The molecule has 0 aliphatic heterocycles. The van der Waals surface area contributed by atoms with Crippen molar-refractivity contribution >= 4 is 0 Å². The van der Waals surface area contributed by atoms with Gasteiger partial charge in [-0.25, -0.2) is 0 Å². The van der Waals surface area contributed by atoms with E-state index in [0.717, 1.165) is 30.1 Å². The molecular formula is C17H23N3O. The van der Waals surface area contributed by atoms with Crippen molar-refractivity contribution in [2.45, 2.75) is 19.5 Å². The Kier molecular flexibility index (Phi) is 5.31. The van der Waals surface area contributed by atoms with E-state index in [1.807, 2.05) is 36.5 Å². The van der Waals surface area contributed by atoms with Gasteiger partial charge in [0.2, 0.25) is 0 Å². The molecule has 0 amide bonds. The van der Waals surface area contributed by atoms with Crippen molar-refractivity contribution in [1.82, 2.24) is 9.88 Å². The minimum atomic E-state index is -0.0893. The molecule has 0 aliphatic carbocycles. The third kappa shape index (κ3) is 4.28. The number of nitrogens with two attached hydrogens (primary N) is 1. The molecule has 4 heteroatoms. The second-order valence-corrected chi connectivity index (χ2v) is 5.37. The van der Waals surface area contributed by atoms with Gasteiger partial charge in [0.15, 0.2) is 0 Å². The van der Waals surface area contributed by atoms with Crippen LogP contribution < -0.4 is 10.5 Å². The van der Waals surface area contributed by atoms with Crippen LogP contribution in [0.1, 0.15) is 22.9 Å². The summed E-state index contributed by atoms with van der Waals surface area (Å²) in [5.41, 5.74) is 9.63. The molecule has 1 aromatic heterocycles. The van der Waals surface area contributed by atoms with Crippen molar-refractivity contribution in [3.05, 3.63) is 59.4 Å². The molecule has 1 heterocycles. The molecule has 2 N–H and O–H groups in total. The Labute approximate surface area is 126 Å². The van der Waals surface area contributed by atoms with E-state index in [1.54, 1.807) is 7.11 Å². The van der Waals surface area contributed by atoms with E-state index in [-0.39, 0.29) is 6.04 Å². The molecule has 0 aliphatic rings. The molecule has 1 unspecified atom stereocenters. The number of pyridine rings is 1. The van der Waals surface area contributed by atoms with Gasteiger partial charge in [0, 0.05) is 30.9 Å². The van der Waals surface area contributed by atoms with Gasteiger partial charge in [-0.1, -0.05) is 23.8 Å². The molecule has 0 fully saturated rings. The number of nitrogens with zero attached hydrogens (tertiary/aromatic N) is 2. The summed E-state index contributed by atoms with van der Waals surface area (Å²) in [4.78, 5) is 6.51. The van der Waals surface area contributed by atoms with Crippen molar-refractivity contribution in [1.29, 1.82) is 0 Å². The predicted molar refractivity (Wildman–Crippen MR) is 85.2 cm³/mol. The highest BCUT2D eigenvalue weighted by molar-refractivity contribution is 5.39. The number of aromatic nitrogens is 1. The van der Waals surface area contributed by atoms with Gasteiger partial charge in [0.25, 0.3) is 0 Å². The quantitative estimate of drug-likeness (QED) is 0.886. The summed E-state index contributed by atoms with van der Waals surface area (Å²) in [6.45, 7) is 3.59. The summed E-state index contributed by atoms with van der Waals surface area (Å²) in [6.07, 6.45) is 1.81. The van der Waals surface area contributed by atoms with Crippen molar-refractivity contribution in [3.63, 3.8) is 0 Å². The van der Waals surface area contributed by atoms with Crippen molar-refractivity contribution < 1.29 is 4.74 Å². The third-order valence-corrected chi connectivity index (χ3v) is 3.45. The molecule has 0 spiro atoms. The van der Waals surface area contributed by atoms with Crippen LogP contribution in [0, 0.1) is 6.92 Å². The molecule has 2 aromatic rings. The summed E-state index contributed by atoms with van der Waals surface area (Å²) in [7, 11) is 3.73. The van der Waals surface area contributed by atoms with Gasteiger partial charge < -0.3 is 10.5 Å². The Morgan fingerprint density at radius 3 is 2.76 bits per heavy atom. The number of hydrogen-bond acceptors (Lipinski definition) is 4. The van der Waals surface area contributed by atoms with E-state index in [1.165, 1.54) is 5.56 Å². The first-order valence-corrected chi connectivity index (χ1v) is 7.08. The fourth-order valence-corrected chi connectivity index (χ4v) is 2.41. The molecule has 2 rings (SSSR count). The first kappa shape index (κ1) is 15.5. The second kappa shape index (κ2) is 7.20. The van der Waals surface area contributed by atoms with Crippen molar-refractivity contribution in [2.75, 3.05) is 20.7 Å². The van der Waals surface area contributed by atoms with Crippen LogP contribution in [-0.4, -0.2) is 30.6 Å². The molecule has 1 aromatic carbocycles. The van der Waals surface area contributed by atoms with Gasteiger partial charge in [-0.3, -0.25) is 9.88 Å². The zero-order valence-corrected chi connectivity index (χ0v) is 12.9. The maximum Gasteiger partial charge on any atom is 0.123 e. The van der Waals surface area contributed by atoms with Gasteiger partial charge in [-0.15, -0.1) is 0 Å². The monoisotopic (exact) mass is 285 g/mol. The van der Waals surface area contributed by atoms with E-state index in [4.69, 9.17) is 10.5 Å². The van der Waals surface area contributed by atoms with Crippen LogP contribution >= 0.6 is 0 Å². The molecule has 0 saturated heterocycles. The summed E-state index contributed by atoms with van der Waals surface area (Å²) < 4.78 is 5.41. The number of hydrogen-bond donors (Lipinski definition) is 1.